The SMILES string of the molecule is CC(=O)N(C[C@H]1CCCN1Cc1cccs1)C1CC1. The summed E-state index contributed by atoms with van der Waals surface area (Å²) in [4.78, 5) is 17.9. The van der Waals surface area contributed by atoms with Gasteiger partial charge >= 0.3 is 0 Å². The van der Waals surface area contributed by atoms with E-state index in [1.165, 1.54) is 37.1 Å². The highest BCUT2D eigenvalue weighted by molar-refractivity contribution is 7.09. The highest BCUT2D eigenvalue weighted by Gasteiger charge is 2.35. The highest BCUT2D eigenvalue weighted by Crippen LogP contribution is 2.30. The van der Waals surface area contributed by atoms with Gasteiger partial charge in [0.15, 0.2) is 0 Å². The van der Waals surface area contributed by atoms with Crippen LogP contribution in [-0.2, 0) is 11.3 Å². The number of hydrogen-bond donors (Lipinski definition) is 0. The first-order valence-corrected chi connectivity index (χ1v) is 8.15. The Bertz CT molecular complexity index is 427. The van der Waals surface area contributed by atoms with Gasteiger partial charge in [0.1, 0.15) is 0 Å². The first-order valence-electron chi connectivity index (χ1n) is 7.27. The van der Waals surface area contributed by atoms with Crippen molar-refractivity contribution in [3.63, 3.8) is 0 Å². The first kappa shape index (κ1) is 13.1. The van der Waals surface area contributed by atoms with Crippen molar-refractivity contribution in [1.82, 2.24) is 9.80 Å². The van der Waals surface area contributed by atoms with Crippen LogP contribution in [0.5, 0.6) is 0 Å². The lowest BCUT2D eigenvalue weighted by Crippen LogP contribution is -2.43. The van der Waals surface area contributed by atoms with Crippen molar-refractivity contribution in [2.75, 3.05) is 13.1 Å². The van der Waals surface area contributed by atoms with Crippen molar-refractivity contribution < 1.29 is 4.79 Å². The molecule has 1 atom stereocenters. The van der Waals surface area contributed by atoms with E-state index in [0.717, 1.165) is 13.1 Å². The van der Waals surface area contributed by atoms with Crippen molar-refractivity contribution in [3.8, 4) is 0 Å². The van der Waals surface area contributed by atoms with Crippen LogP contribution >= 0.6 is 11.3 Å². The lowest BCUT2D eigenvalue weighted by atomic mass is 10.2. The van der Waals surface area contributed by atoms with E-state index in [1.807, 2.05) is 11.3 Å². The van der Waals surface area contributed by atoms with Crippen LogP contribution in [0.2, 0.25) is 0 Å². The van der Waals surface area contributed by atoms with Crippen LogP contribution in [-0.4, -0.2) is 40.9 Å². The number of carbonyl (C=O) groups excluding carboxylic acids is 1. The predicted octanol–water partition coefficient (Wildman–Crippen LogP) is 2.72. The Labute approximate surface area is 119 Å². The topological polar surface area (TPSA) is 23.6 Å². The van der Waals surface area contributed by atoms with Gasteiger partial charge in [-0.25, -0.2) is 0 Å². The Hall–Kier alpha value is -0.870. The number of nitrogens with zero attached hydrogens (tertiary/aromatic N) is 2. The molecule has 3 nitrogen and oxygen atoms in total. The molecule has 1 saturated carbocycles. The molecule has 1 aliphatic heterocycles. The quantitative estimate of drug-likeness (QED) is 0.827. The Morgan fingerprint density at radius 3 is 2.95 bits per heavy atom. The molecular formula is C15H22N2OS. The Morgan fingerprint density at radius 2 is 2.32 bits per heavy atom. The molecular weight excluding hydrogens is 256 g/mol. The van der Waals surface area contributed by atoms with Gasteiger partial charge in [-0.2, -0.15) is 0 Å². The maximum absolute atomic E-state index is 11.7. The molecule has 0 N–H and O–H groups in total. The van der Waals surface area contributed by atoms with Crippen molar-refractivity contribution in [3.05, 3.63) is 22.4 Å². The summed E-state index contributed by atoms with van der Waals surface area (Å²) >= 11 is 1.83. The molecule has 2 fully saturated rings. The molecule has 0 aromatic carbocycles. The van der Waals surface area contributed by atoms with Gasteiger partial charge in [0, 0.05) is 37.0 Å². The summed E-state index contributed by atoms with van der Waals surface area (Å²) < 4.78 is 0. The average molecular weight is 278 g/mol. The molecule has 104 valence electrons. The first-order chi connectivity index (χ1) is 9.24. The van der Waals surface area contributed by atoms with Crippen LogP contribution in [0.3, 0.4) is 0 Å². The van der Waals surface area contributed by atoms with E-state index in [0.29, 0.717) is 12.1 Å². The average Bonchev–Trinajstić information content (AvgIpc) is 2.91. The van der Waals surface area contributed by atoms with E-state index in [4.69, 9.17) is 0 Å². The van der Waals surface area contributed by atoms with Gasteiger partial charge < -0.3 is 4.90 Å². The summed E-state index contributed by atoms with van der Waals surface area (Å²) in [7, 11) is 0. The molecule has 4 heteroatoms. The van der Waals surface area contributed by atoms with Gasteiger partial charge in [-0.15, -0.1) is 11.3 Å². The Kier molecular flexibility index (Phi) is 3.89. The van der Waals surface area contributed by atoms with Crippen LogP contribution in [0.4, 0.5) is 0 Å². The number of amides is 1. The molecule has 1 aromatic rings. The lowest BCUT2D eigenvalue weighted by molar-refractivity contribution is -0.130. The summed E-state index contributed by atoms with van der Waals surface area (Å²) in [5.74, 6) is 0.255. The zero-order valence-corrected chi connectivity index (χ0v) is 12.4. The van der Waals surface area contributed by atoms with Crippen molar-refractivity contribution in [2.45, 2.75) is 51.2 Å². The number of carbonyl (C=O) groups is 1. The smallest absolute Gasteiger partial charge is 0.219 e. The molecule has 0 bridgehead atoms. The molecule has 3 rings (SSSR count). The summed E-state index contributed by atoms with van der Waals surface area (Å²) in [5, 5.41) is 2.15. The molecule has 1 saturated heterocycles. The molecule has 0 spiro atoms. The van der Waals surface area contributed by atoms with E-state index in [2.05, 4.69) is 27.3 Å². The molecule has 1 amide bonds. The number of thiophene rings is 1. The summed E-state index contributed by atoms with van der Waals surface area (Å²) in [6.07, 6.45) is 4.92. The van der Waals surface area contributed by atoms with E-state index < -0.39 is 0 Å². The zero-order chi connectivity index (χ0) is 13.2. The molecule has 19 heavy (non-hydrogen) atoms. The second kappa shape index (κ2) is 5.63. The zero-order valence-electron chi connectivity index (χ0n) is 11.5. The second-order valence-corrected chi connectivity index (χ2v) is 6.78. The number of likely N-dealkylation sites (tertiary alicyclic amines) is 1. The van der Waals surface area contributed by atoms with Gasteiger partial charge in [-0.05, 0) is 43.7 Å². The van der Waals surface area contributed by atoms with Crippen molar-refractivity contribution in [1.29, 1.82) is 0 Å². The third-order valence-electron chi connectivity index (χ3n) is 4.24. The van der Waals surface area contributed by atoms with Crippen molar-refractivity contribution >= 4 is 17.2 Å². The molecule has 1 aliphatic carbocycles. The van der Waals surface area contributed by atoms with Crippen LogP contribution in [0.1, 0.15) is 37.5 Å². The van der Waals surface area contributed by atoms with Crippen LogP contribution < -0.4 is 0 Å². The van der Waals surface area contributed by atoms with E-state index in [-0.39, 0.29) is 5.91 Å². The Morgan fingerprint density at radius 1 is 1.47 bits per heavy atom. The normalized spacial score (nSPS) is 23.7. The molecule has 1 aromatic heterocycles. The lowest BCUT2D eigenvalue weighted by Gasteiger charge is -2.30. The van der Waals surface area contributed by atoms with Gasteiger partial charge in [0.2, 0.25) is 5.91 Å². The second-order valence-electron chi connectivity index (χ2n) is 5.75. The Balaban J connectivity index is 1.60. The number of hydrogen-bond acceptors (Lipinski definition) is 3. The van der Waals surface area contributed by atoms with Gasteiger partial charge in [0.25, 0.3) is 0 Å². The fourth-order valence-electron chi connectivity index (χ4n) is 3.06. The standard InChI is InChI=1S/C15H22N2OS/c1-12(18)17(13-6-7-13)10-14-4-2-8-16(14)11-15-5-3-9-19-15/h3,5,9,13-14H,2,4,6-8,10-11H2,1H3/t14-/m1/s1. The minimum Gasteiger partial charge on any atom is -0.338 e. The fraction of sp³-hybridized carbons (Fsp3) is 0.667. The third kappa shape index (κ3) is 3.18. The fourth-order valence-corrected chi connectivity index (χ4v) is 3.79. The largest absolute Gasteiger partial charge is 0.338 e. The monoisotopic (exact) mass is 278 g/mol. The molecule has 2 heterocycles. The number of rotatable bonds is 5. The minimum atomic E-state index is 0.255. The van der Waals surface area contributed by atoms with Gasteiger partial charge in [-0.3, -0.25) is 9.69 Å². The van der Waals surface area contributed by atoms with E-state index in [1.54, 1.807) is 6.92 Å². The maximum Gasteiger partial charge on any atom is 0.219 e. The third-order valence-corrected chi connectivity index (χ3v) is 5.10. The van der Waals surface area contributed by atoms with Crippen LogP contribution in [0.25, 0.3) is 0 Å². The van der Waals surface area contributed by atoms with Gasteiger partial charge in [-0.1, -0.05) is 6.07 Å². The molecule has 0 radical (unpaired) electrons. The van der Waals surface area contributed by atoms with E-state index >= 15 is 0 Å². The van der Waals surface area contributed by atoms with Crippen molar-refractivity contribution in [2.24, 2.45) is 0 Å². The van der Waals surface area contributed by atoms with Crippen LogP contribution in [0, 0.1) is 0 Å². The van der Waals surface area contributed by atoms with Gasteiger partial charge in [0.05, 0.1) is 0 Å². The van der Waals surface area contributed by atoms with Crippen LogP contribution in [0.15, 0.2) is 17.5 Å². The summed E-state index contributed by atoms with van der Waals surface area (Å²) in [5.41, 5.74) is 0. The minimum absolute atomic E-state index is 0.255. The van der Waals surface area contributed by atoms with E-state index in [9.17, 15) is 4.79 Å². The highest BCUT2D eigenvalue weighted by atomic mass is 32.1. The predicted molar refractivity (Wildman–Crippen MR) is 78.2 cm³/mol. The molecule has 2 aliphatic rings. The summed E-state index contributed by atoms with van der Waals surface area (Å²) in [6.45, 7) is 4.89. The maximum atomic E-state index is 11.7. The molecule has 0 unspecified atom stereocenters. The summed E-state index contributed by atoms with van der Waals surface area (Å²) in [6, 6.07) is 5.44.